The lowest BCUT2D eigenvalue weighted by molar-refractivity contribution is -0.125. The summed E-state index contributed by atoms with van der Waals surface area (Å²) in [6, 6.07) is 7.91. The van der Waals surface area contributed by atoms with E-state index in [-0.39, 0.29) is 11.8 Å². The Kier molecular flexibility index (Phi) is 5.76. The minimum absolute atomic E-state index is 0.0184. The van der Waals surface area contributed by atoms with Crippen LogP contribution in [0.4, 0.5) is 5.82 Å². The fourth-order valence-electron chi connectivity index (χ4n) is 2.71. The Balaban J connectivity index is 1.78. The van der Waals surface area contributed by atoms with Crippen molar-refractivity contribution in [2.24, 2.45) is 11.3 Å². The third-order valence-corrected chi connectivity index (χ3v) is 4.42. The van der Waals surface area contributed by atoms with Gasteiger partial charge in [-0.3, -0.25) is 4.79 Å². The van der Waals surface area contributed by atoms with Crippen LogP contribution >= 0.6 is 0 Å². The van der Waals surface area contributed by atoms with Crippen molar-refractivity contribution in [1.29, 1.82) is 10.5 Å². The number of nitrogens with one attached hydrogen (secondary N) is 1. The molecule has 2 rings (SSSR count). The molecule has 1 fully saturated rings. The summed E-state index contributed by atoms with van der Waals surface area (Å²) >= 11 is 0. The summed E-state index contributed by atoms with van der Waals surface area (Å²) in [5.74, 6) is 0.949. The molecule has 0 saturated carbocycles. The average Bonchev–Trinajstić information content (AvgIpc) is 2.61. The summed E-state index contributed by atoms with van der Waals surface area (Å²) in [5, 5.41) is 20.7. The summed E-state index contributed by atoms with van der Waals surface area (Å²) in [7, 11) is 0. The van der Waals surface area contributed by atoms with Gasteiger partial charge in [-0.1, -0.05) is 0 Å². The molecular weight excluding hydrogens is 302 g/mol. The first-order valence-electron chi connectivity index (χ1n) is 8.25. The summed E-state index contributed by atoms with van der Waals surface area (Å²) in [4.78, 5) is 18.7. The van der Waals surface area contributed by atoms with Crippen LogP contribution in [0.5, 0.6) is 0 Å². The van der Waals surface area contributed by atoms with E-state index in [1.807, 2.05) is 19.9 Å². The van der Waals surface area contributed by atoms with Crippen LogP contribution in [0, 0.1) is 34.0 Å². The highest BCUT2D eigenvalue weighted by atomic mass is 16.1. The lowest BCUT2D eigenvalue weighted by atomic mass is 9.91. The van der Waals surface area contributed by atoms with Crippen molar-refractivity contribution in [3.05, 3.63) is 23.9 Å². The van der Waals surface area contributed by atoms with Crippen molar-refractivity contribution in [3.63, 3.8) is 0 Å². The Bertz CT molecular complexity index is 645. The monoisotopic (exact) mass is 325 g/mol. The molecule has 0 aliphatic carbocycles. The molecule has 1 saturated heterocycles. The van der Waals surface area contributed by atoms with Crippen LogP contribution in [0.25, 0.3) is 0 Å². The Morgan fingerprint density at radius 3 is 2.62 bits per heavy atom. The lowest BCUT2D eigenvalue weighted by Gasteiger charge is -2.32. The maximum atomic E-state index is 12.2. The Hall–Kier alpha value is -2.60. The third kappa shape index (κ3) is 4.70. The summed E-state index contributed by atoms with van der Waals surface area (Å²) in [6.07, 6.45) is 3.80. The molecule has 1 aromatic heterocycles. The van der Waals surface area contributed by atoms with Crippen molar-refractivity contribution in [2.45, 2.75) is 33.1 Å². The van der Waals surface area contributed by atoms with Gasteiger partial charge in [0, 0.05) is 31.7 Å². The van der Waals surface area contributed by atoms with Crippen molar-refractivity contribution >= 4 is 11.7 Å². The number of aromatic nitrogens is 1. The van der Waals surface area contributed by atoms with Gasteiger partial charge in [0.2, 0.25) is 5.91 Å². The predicted molar refractivity (Wildman–Crippen MR) is 90.9 cm³/mol. The maximum Gasteiger partial charge on any atom is 0.223 e. The van der Waals surface area contributed by atoms with Gasteiger partial charge in [0.15, 0.2) is 0 Å². The van der Waals surface area contributed by atoms with E-state index < -0.39 is 5.41 Å². The van der Waals surface area contributed by atoms with Gasteiger partial charge in [0.1, 0.15) is 11.9 Å². The third-order valence-electron chi connectivity index (χ3n) is 4.42. The van der Waals surface area contributed by atoms with Gasteiger partial charge in [-0.2, -0.15) is 10.5 Å². The highest BCUT2D eigenvalue weighted by Crippen LogP contribution is 2.22. The van der Waals surface area contributed by atoms with Crippen LogP contribution in [0.15, 0.2) is 18.3 Å². The largest absolute Gasteiger partial charge is 0.357 e. The van der Waals surface area contributed by atoms with Crippen LogP contribution in [0.1, 0.15) is 38.7 Å². The van der Waals surface area contributed by atoms with Gasteiger partial charge in [0.05, 0.1) is 17.0 Å². The van der Waals surface area contributed by atoms with Crippen molar-refractivity contribution in [2.75, 3.05) is 24.5 Å². The highest BCUT2D eigenvalue weighted by molar-refractivity contribution is 5.78. The highest BCUT2D eigenvalue weighted by Gasteiger charge is 2.26. The summed E-state index contributed by atoms with van der Waals surface area (Å²) in [6.45, 7) is 5.85. The Morgan fingerprint density at radius 1 is 1.38 bits per heavy atom. The molecule has 0 spiro atoms. The first kappa shape index (κ1) is 17.7. The molecule has 0 bridgehead atoms. The van der Waals surface area contributed by atoms with Gasteiger partial charge in [-0.25, -0.2) is 4.98 Å². The number of piperidine rings is 1. The van der Waals surface area contributed by atoms with E-state index in [9.17, 15) is 4.79 Å². The van der Waals surface area contributed by atoms with Gasteiger partial charge >= 0.3 is 0 Å². The number of anilines is 1. The normalized spacial score (nSPS) is 15.4. The molecule has 1 N–H and O–H groups in total. The Morgan fingerprint density at radius 2 is 2.08 bits per heavy atom. The molecule has 2 heterocycles. The second-order valence-corrected chi connectivity index (χ2v) is 6.81. The minimum atomic E-state index is -0.405. The second-order valence-electron chi connectivity index (χ2n) is 6.81. The minimum Gasteiger partial charge on any atom is -0.357 e. The van der Waals surface area contributed by atoms with E-state index in [0.29, 0.717) is 18.5 Å². The van der Waals surface area contributed by atoms with E-state index in [0.717, 1.165) is 31.7 Å². The number of carbonyl (C=O) groups is 1. The fraction of sp³-hybridized carbons (Fsp3) is 0.556. The number of hydrogen-bond donors (Lipinski definition) is 1. The molecule has 1 aliphatic rings. The molecule has 24 heavy (non-hydrogen) atoms. The maximum absolute atomic E-state index is 12.2. The van der Waals surface area contributed by atoms with E-state index in [1.165, 1.54) is 0 Å². The number of nitrogens with zero attached hydrogens (tertiary/aromatic N) is 4. The predicted octanol–water partition coefficient (Wildman–Crippen LogP) is 2.23. The van der Waals surface area contributed by atoms with Gasteiger partial charge in [-0.05, 0) is 45.2 Å². The molecule has 1 aromatic rings. The summed E-state index contributed by atoms with van der Waals surface area (Å²) in [5.41, 5.74) is 0.144. The number of hydrogen-bond acceptors (Lipinski definition) is 5. The van der Waals surface area contributed by atoms with Crippen molar-refractivity contribution in [3.8, 4) is 12.1 Å². The fourth-order valence-corrected chi connectivity index (χ4v) is 2.71. The average molecular weight is 325 g/mol. The zero-order valence-electron chi connectivity index (χ0n) is 14.2. The smallest absolute Gasteiger partial charge is 0.223 e. The molecule has 0 atom stereocenters. The zero-order valence-corrected chi connectivity index (χ0v) is 14.2. The zero-order chi connectivity index (χ0) is 17.6. The van der Waals surface area contributed by atoms with E-state index in [4.69, 9.17) is 10.5 Å². The van der Waals surface area contributed by atoms with Gasteiger partial charge < -0.3 is 10.2 Å². The molecule has 1 amide bonds. The standard InChI is InChI=1S/C18H23N5O/c1-18(2,13-20)7-8-21-17(24)15-5-9-23(10-6-15)16-4-3-14(11-19)12-22-16/h3-4,12,15H,5-10H2,1-2H3,(H,21,24). The van der Waals surface area contributed by atoms with Crippen LogP contribution in [-0.2, 0) is 4.79 Å². The molecular formula is C18H23N5O. The topological polar surface area (TPSA) is 92.8 Å². The molecule has 126 valence electrons. The summed E-state index contributed by atoms with van der Waals surface area (Å²) < 4.78 is 0. The van der Waals surface area contributed by atoms with Crippen molar-refractivity contribution in [1.82, 2.24) is 10.3 Å². The SMILES string of the molecule is CC(C)(C#N)CCNC(=O)C1CCN(c2ccc(C#N)cn2)CC1. The molecule has 1 aliphatic heterocycles. The number of carbonyl (C=O) groups excluding carboxylic acids is 1. The molecule has 0 radical (unpaired) electrons. The molecule has 0 aromatic carbocycles. The number of pyridine rings is 1. The molecule has 0 unspecified atom stereocenters. The van der Waals surface area contributed by atoms with Crippen LogP contribution in [0.2, 0.25) is 0 Å². The van der Waals surface area contributed by atoms with Gasteiger partial charge in [-0.15, -0.1) is 0 Å². The van der Waals surface area contributed by atoms with Crippen LogP contribution < -0.4 is 10.2 Å². The number of rotatable bonds is 5. The first-order chi connectivity index (χ1) is 11.4. The van der Waals surface area contributed by atoms with Crippen LogP contribution in [-0.4, -0.2) is 30.5 Å². The number of amides is 1. The van der Waals surface area contributed by atoms with E-state index in [2.05, 4.69) is 27.3 Å². The lowest BCUT2D eigenvalue weighted by Crippen LogP contribution is -2.41. The van der Waals surface area contributed by atoms with Crippen molar-refractivity contribution < 1.29 is 4.79 Å². The second kappa shape index (κ2) is 7.79. The quantitative estimate of drug-likeness (QED) is 0.896. The number of nitriles is 2. The molecule has 6 nitrogen and oxygen atoms in total. The van der Waals surface area contributed by atoms with Crippen LogP contribution in [0.3, 0.4) is 0 Å². The molecule has 6 heteroatoms. The van der Waals surface area contributed by atoms with E-state index >= 15 is 0 Å². The van der Waals surface area contributed by atoms with E-state index in [1.54, 1.807) is 12.3 Å². The van der Waals surface area contributed by atoms with Gasteiger partial charge in [0.25, 0.3) is 0 Å². The Labute approximate surface area is 143 Å². The first-order valence-corrected chi connectivity index (χ1v) is 8.25.